The van der Waals surface area contributed by atoms with Gasteiger partial charge >= 0.3 is 0 Å². The maximum Gasteiger partial charge on any atom is 0.266 e. The van der Waals surface area contributed by atoms with E-state index in [0.717, 1.165) is 12.8 Å². The number of nitrogens with zero attached hydrogens (tertiary/aromatic N) is 2. The second-order valence-corrected chi connectivity index (χ2v) is 5.33. The predicted octanol–water partition coefficient (Wildman–Crippen LogP) is 1.32. The zero-order valence-electron chi connectivity index (χ0n) is 9.57. The van der Waals surface area contributed by atoms with Crippen LogP contribution in [0.25, 0.3) is 0 Å². The van der Waals surface area contributed by atoms with Gasteiger partial charge < -0.3 is 9.88 Å². The summed E-state index contributed by atoms with van der Waals surface area (Å²) in [7, 11) is 1.93. The summed E-state index contributed by atoms with van der Waals surface area (Å²) in [5.74, 6) is 1.04. The van der Waals surface area contributed by atoms with Crippen LogP contribution in [0.1, 0.15) is 25.7 Å². The van der Waals surface area contributed by atoms with Crippen LogP contribution < -0.4 is 10.5 Å². The lowest BCUT2D eigenvalue weighted by atomic mass is 9.93. The van der Waals surface area contributed by atoms with Crippen molar-refractivity contribution in [1.29, 1.82) is 0 Å². The number of H-pyrrole nitrogens is 1. The van der Waals surface area contributed by atoms with Crippen molar-refractivity contribution in [3.05, 3.63) is 20.3 Å². The molecule has 1 aromatic rings. The Labute approximate surface area is 113 Å². The molecular formula is C11H14IN3O2. The van der Waals surface area contributed by atoms with Crippen LogP contribution in [-0.4, -0.2) is 28.8 Å². The van der Waals surface area contributed by atoms with Crippen LogP contribution in [-0.2, 0) is 4.79 Å². The molecule has 2 rings (SSSR count). The lowest BCUT2D eigenvalue weighted by Crippen LogP contribution is -2.37. The molecular weight excluding hydrogens is 333 g/mol. The minimum atomic E-state index is -0.116. The number of anilines is 1. The monoisotopic (exact) mass is 347 g/mol. The molecule has 0 aliphatic heterocycles. The van der Waals surface area contributed by atoms with Crippen molar-refractivity contribution >= 4 is 34.2 Å². The number of carbonyl (C=O) groups excluding carboxylic acids is 1. The minimum Gasteiger partial charge on any atom is -0.356 e. The lowest BCUT2D eigenvalue weighted by Gasteiger charge is -2.31. The molecule has 0 atom stereocenters. The van der Waals surface area contributed by atoms with Crippen molar-refractivity contribution in [2.45, 2.75) is 31.7 Å². The smallest absolute Gasteiger partial charge is 0.266 e. The van der Waals surface area contributed by atoms with Gasteiger partial charge in [0.2, 0.25) is 0 Å². The molecule has 0 bridgehead atoms. The molecule has 0 aromatic carbocycles. The fourth-order valence-electron chi connectivity index (χ4n) is 2.10. The van der Waals surface area contributed by atoms with Crippen LogP contribution >= 0.6 is 22.6 Å². The Morgan fingerprint density at radius 2 is 2.06 bits per heavy atom. The van der Waals surface area contributed by atoms with E-state index < -0.39 is 0 Å². The van der Waals surface area contributed by atoms with Gasteiger partial charge in [0.05, 0.1) is 6.33 Å². The molecule has 1 fully saturated rings. The third kappa shape index (κ3) is 2.67. The Balaban J connectivity index is 2.19. The second kappa shape index (κ2) is 5.16. The largest absolute Gasteiger partial charge is 0.356 e. The van der Waals surface area contributed by atoms with Gasteiger partial charge in [0.1, 0.15) is 15.2 Å². The van der Waals surface area contributed by atoms with Crippen LogP contribution in [0.5, 0.6) is 0 Å². The Bertz CT molecular complexity index is 476. The number of hydrogen-bond donors (Lipinski definition) is 1. The summed E-state index contributed by atoms with van der Waals surface area (Å²) in [6.45, 7) is 0. The van der Waals surface area contributed by atoms with E-state index in [2.05, 4.69) is 9.97 Å². The van der Waals surface area contributed by atoms with Crippen LogP contribution in [0.3, 0.4) is 0 Å². The van der Waals surface area contributed by atoms with Gasteiger partial charge in [-0.15, -0.1) is 0 Å². The van der Waals surface area contributed by atoms with Crippen molar-refractivity contribution in [2.24, 2.45) is 0 Å². The molecule has 92 valence electrons. The zero-order chi connectivity index (χ0) is 12.4. The molecule has 1 aliphatic rings. The molecule has 6 heteroatoms. The van der Waals surface area contributed by atoms with Crippen molar-refractivity contribution in [2.75, 3.05) is 11.9 Å². The summed E-state index contributed by atoms with van der Waals surface area (Å²) in [6.07, 6.45) is 4.38. The molecule has 0 saturated heterocycles. The average Bonchev–Trinajstić information content (AvgIpc) is 2.33. The van der Waals surface area contributed by atoms with Crippen molar-refractivity contribution < 1.29 is 4.79 Å². The van der Waals surface area contributed by atoms with E-state index in [-0.39, 0.29) is 5.56 Å². The van der Waals surface area contributed by atoms with Crippen molar-refractivity contribution in [1.82, 2.24) is 9.97 Å². The summed E-state index contributed by atoms with van der Waals surface area (Å²) < 4.78 is 0.601. The highest BCUT2D eigenvalue weighted by atomic mass is 127. The summed E-state index contributed by atoms with van der Waals surface area (Å²) in [4.78, 5) is 31.5. The summed E-state index contributed by atoms with van der Waals surface area (Å²) in [5.41, 5.74) is -0.116. The highest BCUT2D eigenvalue weighted by Gasteiger charge is 2.24. The van der Waals surface area contributed by atoms with E-state index >= 15 is 0 Å². The van der Waals surface area contributed by atoms with Gasteiger partial charge in [-0.25, -0.2) is 4.98 Å². The molecule has 1 N–H and O–H groups in total. The molecule has 0 radical (unpaired) electrons. The highest BCUT2D eigenvalue weighted by Crippen LogP contribution is 2.24. The molecule has 1 saturated carbocycles. The first-order valence-electron chi connectivity index (χ1n) is 5.57. The Kier molecular flexibility index (Phi) is 3.80. The van der Waals surface area contributed by atoms with E-state index in [4.69, 9.17) is 0 Å². The summed E-state index contributed by atoms with van der Waals surface area (Å²) in [5, 5.41) is 0. The number of aromatic nitrogens is 2. The minimum absolute atomic E-state index is 0.116. The number of Topliss-reactive ketones (excluding diaryl/α,β-unsaturated/α-hetero) is 1. The molecule has 0 amide bonds. The van der Waals surface area contributed by atoms with Crippen LogP contribution in [0.15, 0.2) is 11.1 Å². The number of ketones is 1. The van der Waals surface area contributed by atoms with Gasteiger partial charge in [-0.3, -0.25) is 9.59 Å². The van der Waals surface area contributed by atoms with E-state index in [1.54, 1.807) is 0 Å². The Hall–Kier alpha value is -0.920. The molecule has 1 aromatic heterocycles. The average molecular weight is 347 g/mol. The number of carbonyl (C=O) groups is 1. The maximum absolute atomic E-state index is 11.5. The zero-order valence-corrected chi connectivity index (χ0v) is 11.7. The van der Waals surface area contributed by atoms with Gasteiger partial charge in [-0.2, -0.15) is 0 Å². The van der Waals surface area contributed by atoms with Crippen LogP contribution in [0.4, 0.5) is 5.82 Å². The first-order valence-corrected chi connectivity index (χ1v) is 6.65. The van der Waals surface area contributed by atoms with E-state index in [1.807, 2.05) is 34.5 Å². The lowest BCUT2D eigenvalue weighted by molar-refractivity contribution is -0.120. The first-order chi connectivity index (χ1) is 8.09. The topological polar surface area (TPSA) is 66.1 Å². The van der Waals surface area contributed by atoms with E-state index in [1.165, 1.54) is 6.33 Å². The molecule has 1 aliphatic carbocycles. The molecule has 0 spiro atoms. The van der Waals surface area contributed by atoms with Gasteiger partial charge in [-0.1, -0.05) is 0 Å². The number of halogens is 1. The Morgan fingerprint density at radius 1 is 1.41 bits per heavy atom. The fourth-order valence-corrected chi connectivity index (χ4v) is 2.78. The van der Waals surface area contributed by atoms with Gasteiger partial charge in [0.25, 0.3) is 5.56 Å². The Morgan fingerprint density at radius 3 is 2.71 bits per heavy atom. The number of aromatic amines is 1. The molecule has 5 nitrogen and oxygen atoms in total. The summed E-state index contributed by atoms with van der Waals surface area (Å²) in [6, 6.07) is 0.301. The first kappa shape index (κ1) is 12.5. The van der Waals surface area contributed by atoms with E-state index in [0.29, 0.717) is 34.1 Å². The van der Waals surface area contributed by atoms with Crippen molar-refractivity contribution in [3.8, 4) is 0 Å². The standard InChI is InChI=1S/C11H14IN3O2/c1-15(7-2-4-8(16)5-3-7)10-9(12)11(17)14-6-13-10/h6-7H,2-5H2,1H3,(H,13,14,17). The molecule has 17 heavy (non-hydrogen) atoms. The predicted molar refractivity (Wildman–Crippen MR) is 73.2 cm³/mol. The SMILES string of the molecule is CN(c1nc[nH]c(=O)c1I)C1CCC(=O)CC1. The second-order valence-electron chi connectivity index (χ2n) is 4.25. The van der Waals surface area contributed by atoms with Gasteiger partial charge in [0.15, 0.2) is 0 Å². The van der Waals surface area contributed by atoms with Crippen molar-refractivity contribution in [3.63, 3.8) is 0 Å². The highest BCUT2D eigenvalue weighted by molar-refractivity contribution is 14.1. The number of nitrogens with one attached hydrogen (secondary N) is 1. The van der Waals surface area contributed by atoms with Gasteiger partial charge in [0, 0.05) is 25.9 Å². The number of hydrogen-bond acceptors (Lipinski definition) is 4. The third-order valence-corrected chi connectivity index (χ3v) is 4.15. The number of rotatable bonds is 2. The fraction of sp³-hybridized carbons (Fsp3) is 0.545. The quantitative estimate of drug-likeness (QED) is 0.820. The third-order valence-electron chi connectivity index (χ3n) is 3.17. The van der Waals surface area contributed by atoms with Crippen LogP contribution in [0.2, 0.25) is 0 Å². The summed E-state index contributed by atoms with van der Waals surface area (Å²) >= 11 is 2.01. The molecule has 0 unspecified atom stereocenters. The van der Waals surface area contributed by atoms with Crippen LogP contribution in [0, 0.1) is 3.57 Å². The molecule has 1 heterocycles. The normalized spacial score (nSPS) is 17.2. The van der Waals surface area contributed by atoms with E-state index in [9.17, 15) is 9.59 Å². The maximum atomic E-state index is 11.5. The van der Waals surface area contributed by atoms with Gasteiger partial charge in [-0.05, 0) is 35.4 Å².